The van der Waals surface area contributed by atoms with Gasteiger partial charge in [-0.25, -0.2) is 0 Å². The predicted octanol–water partition coefficient (Wildman–Crippen LogP) is 4.42. The smallest absolute Gasteiger partial charge is 0.125 e. The van der Waals surface area contributed by atoms with E-state index >= 15 is 0 Å². The summed E-state index contributed by atoms with van der Waals surface area (Å²) in [5, 5.41) is 10.8. The Morgan fingerprint density at radius 2 is 2.05 bits per heavy atom. The van der Waals surface area contributed by atoms with Crippen molar-refractivity contribution in [2.45, 2.75) is 45.6 Å². The summed E-state index contributed by atoms with van der Waals surface area (Å²) in [5.41, 5.74) is 3.47. The standard InChI is InChI=1S/C18H22O2S/c1-3-20-15-9-8-12(2)10-14(15)18(19)17-11-13-6-4-5-7-16(13)21-17/h8-11,18-19H,3-7H2,1-2H3. The molecule has 1 aliphatic rings. The highest BCUT2D eigenvalue weighted by Gasteiger charge is 2.21. The fourth-order valence-electron chi connectivity index (χ4n) is 2.97. The van der Waals surface area contributed by atoms with Crippen LogP contribution in [0.4, 0.5) is 0 Å². The van der Waals surface area contributed by atoms with Crippen molar-refractivity contribution in [3.05, 3.63) is 50.7 Å². The van der Waals surface area contributed by atoms with Crippen LogP contribution < -0.4 is 4.74 Å². The molecule has 1 N–H and O–H groups in total. The average Bonchev–Trinajstić information content (AvgIpc) is 2.92. The van der Waals surface area contributed by atoms with E-state index in [-0.39, 0.29) is 0 Å². The van der Waals surface area contributed by atoms with E-state index in [1.54, 1.807) is 11.3 Å². The van der Waals surface area contributed by atoms with Gasteiger partial charge in [0.05, 0.1) is 6.61 Å². The first-order valence-electron chi connectivity index (χ1n) is 7.72. The van der Waals surface area contributed by atoms with Crippen LogP contribution in [0.1, 0.15) is 52.3 Å². The molecule has 0 bridgehead atoms. The molecule has 3 heteroatoms. The molecule has 0 aliphatic heterocycles. The number of aliphatic hydroxyl groups excluding tert-OH is 1. The molecule has 0 saturated carbocycles. The highest BCUT2D eigenvalue weighted by molar-refractivity contribution is 7.12. The third kappa shape index (κ3) is 2.99. The highest BCUT2D eigenvalue weighted by Crippen LogP contribution is 2.38. The number of aryl methyl sites for hydroxylation is 3. The molecule has 1 unspecified atom stereocenters. The number of hydrogen-bond donors (Lipinski definition) is 1. The molecule has 3 rings (SSSR count). The number of thiophene rings is 1. The number of hydrogen-bond acceptors (Lipinski definition) is 3. The van der Waals surface area contributed by atoms with Gasteiger partial charge in [-0.15, -0.1) is 11.3 Å². The summed E-state index contributed by atoms with van der Waals surface area (Å²) in [5.74, 6) is 0.793. The quantitative estimate of drug-likeness (QED) is 0.906. The van der Waals surface area contributed by atoms with Crippen molar-refractivity contribution < 1.29 is 9.84 Å². The van der Waals surface area contributed by atoms with E-state index in [1.165, 1.54) is 29.7 Å². The van der Waals surface area contributed by atoms with Crippen LogP contribution in [-0.2, 0) is 12.8 Å². The van der Waals surface area contributed by atoms with Gasteiger partial charge in [-0.05, 0) is 63.3 Å². The molecular weight excluding hydrogens is 280 g/mol. The third-order valence-electron chi connectivity index (χ3n) is 4.04. The zero-order valence-corrected chi connectivity index (χ0v) is 13.5. The summed E-state index contributed by atoms with van der Waals surface area (Å²) in [6.45, 7) is 4.63. The third-order valence-corrected chi connectivity index (χ3v) is 5.33. The summed E-state index contributed by atoms with van der Waals surface area (Å²) in [6, 6.07) is 8.22. The molecule has 0 fully saturated rings. The van der Waals surface area contributed by atoms with Crippen LogP contribution in [0.5, 0.6) is 5.75 Å². The van der Waals surface area contributed by atoms with Gasteiger partial charge in [0.2, 0.25) is 0 Å². The Balaban J connectivity index is 1.95. The number of benzene rings is 1. The molecule has 1 heterocycles. The van der Waals surface area contributed by atoms with Crippen molar-refractivity contribution in [1.29, 1.82) is 0 Å². The van der Waals surface area contributed by atoms with E-state index in [0.717, 1.165) is 28.2 Å². The SMILES string of the molecule is CCOc1ccc(C)cc1C(O)c1cc2c(s1)CCCC2. The minimum atomic E-state index is -0.581. The normalized spacial score (nSPS) is 15.6. The van der Waals surface area contributed by atoms with Crippen molar-refractivity contribution in [2.75, 3.05) is 6.61 Å². The Morgan fingerprint density at radius 1 is 1.24 bits per heavy atom. The molecule has 1 aromatic carbocycles. The van der Waals surface area contributed by atoms with Crippen molar-refractivity contribution in [1.82, 2.24) is 0 Å². The lowest BCUT2D eigenvalue weighted by atomic mass is 9.98. The molecule has 1 atom stereocenters. The maximum atomic E-state index is 10.8. The van der Waals surface area contributed by atoms with Crippen molar-refractivity contribution in [3.63, 3.8) is 0 Å². The van der Waals surface area contributed by atoms with Crippen LogP contribution in [0.3, 0.4) is 0 Å². The topological polar surface area (TPSA) is 29.5 Å². The molecule has 0 radical (unpaired) electrons. The van der Waals surface area contributed by atoms with Crippen LogP contribution in [0.2, 0.25) is 0 Å². The van der Waals surface area contributed by atoms with Crippen LogP contribution >= 0.6 is 11.3 Å². The van der Waals surface area contributed by atoms with Crippen molar-refractivity contribution >= 4 is 11.3 Å². The molecule has 0 saturated heterocycles. The maximum absolute atomic E-state index is 10.8. The summed E-state index contributed by atoms with van der Waals surface area (Å²) in [7, 11) is 0. The molecule has 1 aromatic heterocycles. The van der Waals surface area contributed by atoms with Crippen LogP contribution in [-0.4, -0.2) is 11.7 Å². The van der Waals surface area contributed by atoms with E-state index in [9.17, 15) is 5.11 Å². The Hall–Kier alpha value is -1.32. The van der Waals surface area contributed by atoms with Gasteiger partial charge in [-0.3, -0.25) is 0 Å². The van der Waals surface area contributed by atoms with Gasteiger partial charge in [0.15, 0.2) is 0 Å². The Morgan fingerprint density at radius 3 is 2.81 bits per heavy atom. The second-order valence-corrected chi connectivity index (χ2v) is 6.85. The van der Waals surface area contributed by atoms with Gasteiger partial charge in [0.1, 0.15) is 11.9 Å². The van der Waals surface area contributed by atoms with Gasteiger partial charge in [-0.1, -0.05) is 11.6 Å². The molecule has 0 amide bonds. The number of ether oxygens (including phenoxy) is 1. The Kier molecular flexibility index (Phi) is 4.32. The maximum Gasteiger partial charge on any atom is 0.125 e. The van der Waals surface area contributed by atoms with Gasteiger partial charge in [0.25, 0.3) is 0 Å². The second-order valence-electron chi connectivity index (χ2n) is 5.68. The van der Waals surface area contributed by atoms with Gasteiger partial charge in [0, 0.05) is 15.3 Å². The molecule has 2 aromatic rings. The van der Waals surface area contributed by atoms with E-state index in [0.29, 0.717) is 6.61 Å². The lowest BCUT2D eigenvalue weighted by Crippen LogP contribution is -2.03. The molecule has 0 spiro atoms. The largest absolute Gasteiger partial charge is 0.493 e. The van der Waals surface area contributed by atoms with E-state index < -0.39 is 6.10 Å². The average molecular weight is 302 g/mol. The monoisotopic (exact) mass is 302 g/mol. The van der Waals surface area contributed by atoms with E-state index in [2.05, 4.69) is 6.07 Å². The first kappa shape index (κ1) is 14.6. The number of fused-ring (bicyclic) bond motifs is 1. The lowest BCUT2D eigenvalue weighted by molar-refractivity contribution is 0.215. The lowest BCUT2D eigenvalue weighted by Gasteiger charge is -2.15. The molecule has 112 valence electrons. The molecule has 21 heavy (non-hydrogen) atoms. The summed E-state index contributed by atoms with van der Waals surface area (Å²) >= 11 is 1.77. The minimum absolute atomic E-state index is 0.581. The van der Waals surface area contributed by atoms with Gasteiger partial charge >= 0.3 is 0 Å². The number of rotatable bonds is 4. The van der Waals surface area contributed by atoms with Crippen molar-refractivity contribution in [3.8, 4) is 5.75 Å². The van der Waals surface area contributed by atoms with Crippen LogP contribution in [0, 0.1) is 6.92 Å². The fourth-order valence-corrected chi connectivity index (χ4v) is 4.23. The second kappa shape index (κ2) is 6.20. The van der Waals surface area contributed by atoms with E-state index in [1.807, 2.05) is 32.0 Å². The molecule has 2 nitrogen and oxygen atoms in total. The molecule has 1 aliphatic carbocycles. The summed E-state index contributed by atoms with van der Waals surface area (Å²) in [6.07, 6.45) is 4.29. The zero-order valence-electron chi connectivity index (χ0n) is 12.7. The highest BCUT2D eigenvalue weighted by atomic mass is 32.1. The van der Waals surface area contributed by atoms with Crippen molar-refractivity contribution in [2.24, 2.45) is 0 Å². The Labute approximate surface area is 130 Å². The zero-order chi connectivity index (χ0) is 14.8. The summed E-state index contributed by atoms with van der Waals surface area (Å²) in [4.78, 5) is 2.51. The summed E-state index contributed by atoms with van der Waals surface area (Å²) < 4.78 is 5.68. The Bertz CT molecular complexity index is 607. The fraction of sp³-hybridized carbons (Fsp3) is 0.444. The first-order valence-corrected chi connectivity index (χ1v) is 8.53. The molecular formula is C18H22O2S. The van der Waals surface area contributed by atoms with Crippen LogP contribution in [0.15, 0.2) is 24.3 Å². The van der Waals surface area contributed by atoms with E-state index in [4.69, 9.17) is 4.74 Å². The first-order chi connectivity index (χ1) is 10.2. The predicted molar refractivity (Wildman–Crippen MR) is 87.4 cm³/mol. The van der Waals surface area contributed by atoms with Gasteiger partial charge < -0.3 is 9.84 Å². The van der Waals surface area contributed by atoms with Crippen LogP contribution in [0.25, 0.3) is 0 Å². The van der Waals surface area contributed by atoms with Gasteiger partial charge in [-0.2, -0.15) is 0 Å². The number of aliphatic hydroxyl groups is 1. The minimum Gasteiger partial charge on any atom is -0.493 e.